The molecule has 0 aliphatic carbocycles. The van der Waals surface area contributed by atoms with E-state index in [-0.39, 0.29) is 12.5 Å². The van der Waals surface area contributed by atoms with Crippen molar-refractivity contribution in [3.05, 3.63) is 0 Å². The molecule has 4 N–H and O–H groups in total. The van der Waals surface area contributed by atoms with Gasteiger partial charge in [0.15, 0.2) is 6.10 Å². The predicted octanol–water partition coefficient (Wildman–Crippen LogP) is -0.749. The van der Waals surface area contributed by atoms with Crippen LogP contribution in [0.1, 0.15) is 27.2 Å². The highest BCUT2D eigenvalue weighted by atomic mass is 16.3. The first-order chi connectivity index (χ1) is 6.90. The van der Waals surface area contributed by atoms with Crippen LogP contribution in [0.25, 0.3) is 0 Å². The van der Waals surface area contributed by atoms with E-state index in [1.165, 1.54) is 0 Å². The van der Waals surface area contributed by atoms with E-state index < -0.39 is 24.2 Å². The Balaban J connectivity index is 3.99. The van der Waals surface area contributed by atoms with Gasteiger partial charge in [0.25, 0.3) is 5.91 Å². The van der Waals surface area contributed by atoms with Gasteiger partial charge in [-0.05, 0) is 12.3 Å². The van der Waals surface area contributed by atoms with Crippen molar-refractivity contribution < 1.29 is 20.1 Å². The lowest BCUT2D eigenvalue weighted by Crippen LogP contribution is -2.46. The van der Waals surface area contributed by atoms with Crippen LogP contribution in [-0.2, 0) is 4.79 Å². The molecule has 3 atom stereocenters. The zero-order valence-electron chi connectivity index (χ0n) is 9.47. The predicted molar refractivity (Wildman–Crippen MR) is 56.2 cm³/mol. The molecule has 0 aromatic carbocycles. The molecular weight excluding hydrogens is 198 g/mol. The molecule has 0 fully saturated rings. The highest BCUT2D eigenvalue weighted by Gasteiger charge is 2.26. The summed E-state index contributed by atoms with van der Waals surface area (Å²) in [6, 6.07) is 0. The van der Waals surface area contributed by atoms with Crippen LogP contribution in [0.3, 0.4) is 0 Å². The van der Waals surface area contributed by atoms with Gasteiger partial charge in [-0.1, -0.05) is 20.8 Å². The first-order valence-corrected chi connectivity index (χ1v) is 5.22. The van der Waals surface area contributed by atoms with E-state index in [1.807, 2.05) is 0 Å². The summed E-state index contributed by atoms with van der Waals surface area (Å²) in [5, 5.41) is 30.4. The number of aliphatic hydroxyl groups excluding tert-OH is 3. The molecule has 0 saturated carbocycles. The van der Waals surface area contributed by atoms with Gasteiger partial charge in [0.2, 0.25) is 0 Å². The Morgan fingerprint density at radius 2 is 1.80 bits per heavy atom. The Bertz CT molecular complexity index is 196. The molecule has 5 heteroatoms. The maximum absolute atomic E-state index is 11.3. The van der Waals surface area contributed by atoms with Crippen LogP contribution < -0.4 is 5.32 Å². The van der Waals surface area contributed by atoms with E-state index in [0.29, 0.717) is 6.42 Å². The maximum Gasteiger partial charge on any atom is 0.251 e. The molecule has 0 bridgehead atoms. The van der Waals surface area contributed by atoms with Gasteiger partial charge in [0.1, 0.15) is 0 Å². The molecule has 0 aliphatic heterocycles. The highest BCUT2D eigenvalue weighted by Crippen LogP contribution is 2.06. The van der Waals surface area contributed by atoms with E-state index in [2.05, 4.69) is 5.32 Å². The van der Waals surface area contributed by atoms with Crippen molar-refractivity contribution in [3.8, 4) is 0 Å². The Morgan fingerprint density at radius 1 is 1.27 bits per heavy atom. The molecule has 0 radical (unpaired) electrons. The van der Waals surface area contributed by atoms with E-state index >= 15 is 0 Å². The van der Waals surface area contributed by atoms with E-state index in [9.17, 15) is 20.1 Å². The van der Waals surface area contributed by atoms with Crippen LogP contribution in [0.4, 0.5) is 0 Å². The Morgan fingerprint density at radius 3 is 2.20 bits per heavy atom. The van der Waals surface area contributed by atoms with Gasteiger partial charge in [-0.25, -0.2) is 0 Å². The number of carbonyl (C=O) groups is 1. The lowest BCUT2D eigenvalue weighted by molar-refractivity contribution is -0.137. The second-order valence-electron chi connectivity index (χ2n) is 3.99. The van der Waals surface area contributed by atoms with E-state index in [4.69, 9.17) is 0 Å². The minimum atomic E-state index is -1.44. The standard InChI is InChI=1S/C10H21NO4/c1-4-7(12)5-11-10(15)9(14)8(13)6(2)3/h6-9,12-14H,4-5H2,1-3H3,(H,11,15)/t7?,8-,9+/m1/s1. The number of carbonyl (C=O) groups excluding carboxylic acids is 1. The second-order valence-corrected chi connectivity index (χ2v) is 3.99. The third-order valence-electron chi connectivity index (χ3n) is 2.26. The zero-order valence-corrected chi connectivity index (χ0v) is 9.47. The molecule has 0 spiro atoms. The van der Waals surface area contributed by atoms with Crippen molar-refractivity contribution in [2.75, 3.05) is 6.54 Å². The van der Waals surface area contributed by atoms with E-state index in [0.717, 1.165) is 0 Å². The number of nitrogens with one attached hydrogen (secondary N) is 1. The SMILES string of the molecule is CCC(O)CNC(=O)[C@@H](O)[C@H](O)C(C)C. The van der Waals surface area contributed by atoms with Crippen molar-refractivity contribution in [2.45, 2.75) is 45.5 Å². The third-order valence-corrected chi connectivity index (χ3v) is 2.26. The number of rotatable bonds is 6. The van der Waals surface area contributed by atoms with Crippen molar-refractivity contribution in [1.29, 1.82) is 0 Å². The van der Waals surface area contributed by atoms with Gasteiger partial charge in [0.05, 0.1) is 12.2 Å². The first kappa shape index (κ1) is 14.3. The van der Waals surface area contributed by atoms with Crippen molar-refractivity contribution >= 4 is 5.91 Å². The minimum absolute atomic E-state index is 0.0945. The Labute approximate surface area is 90.1 Å². The quantitative estimate of drug-likeness (QED) is 0.473. The molecule has 0 aromatic heterocycles. The van der Waals surface area contributed by atoms with Crippen LogP contribution >= 0.6 is 0 Å². The first-order valence-electron chi connectivity index (χ1n) is 5.22. The molecule has 0 rings (SSSR count). The number of hydrogen-bond donors (Lipinski definition) is 4. The fourth-order valence-electron chi connectivity index (χ4n) is 0.987. The molecule has 1 unspecified atom stereocenters. The average molecular weight is 219 g/mol. The van der Waals surface area contributed by atoms with Gasteiger partial charge < -0.3 is 20.6 Å². The van der Waals surface area contributed by atoms with Crippen LogP contribution in [0.15, 0.2) is 0 Å². The topological polar surface area (TPSA) is 89.8 Å². The number of aliphatic hydroxyl groups is 3. The van der Waals surface area contributed by atoms with Gasteiger partial charge in [-0.15, -0.1) is 0 Å². The van der Waals surface area contributed by atoms with E-state index in [1.54, 1.807) is 20.8 Å². The van der Waals surface area contributed by atoms with Crippen molar-refractivity contribution in [3.63, 3.8) is 0 Å². The summed E-state index contributed by atoms with van der Waals surface area (Å²) in [5.74, 6) is -0.842. The molecule has 1 amide bonds. The molecular formula is C10H21NO4. The molecule has 0 heterocycles. The normalized spacial score (nSPS) is 17.3. The van der Waals surface area contributed by atoms with Crippen LogP contribution in [0.5, 0.6) is 0 Å². The summed E-state index contributed by atoms with van der Waals surface area (Å²) in [4.78, 5) is 11.3. The van der Waals surface area contributed by atoms with Gasteiger partial charge in [-0.2, -0.15) is 0 Å². The van der Waals surface area contributed by atoms with Gasteiger partial charge in [0, 0.05) is 6.54 Å². The summed E-state index contributed by atoms with van der Waals surface area (Å²) in [6.45, 7) is 5.30. The monoisotopic (exact) mass is 219 g/mol. The third kappa shape index (κ3) is 5.11. The molecule has 15 heavy (non-hydrogen) atoms. The second kappa shape index (κ2) is 6.76. The fourth-order valence-corrected chi connectivity index (χ4v) is 0.987. The number of hydrogen-bond acceptors (Lipinski definition) is 4. The maximum atomic E-state index is 11.3. The summed E-state index contributed by atoms with van der Waals surface area (Å²) in [6.07, 6.45) is -2.60. The highest BCUT2D eigenvalue weighted by molar-refractivity contribution is 5.81. The Kier molecular flexibility index (Phi) is 6.47. The summed E-state index contributed by atoms with van der Waals surface area (Å²) < 4.78 is 0. The van der Waals surface area contributed by atoms with Gasteiger partial charge >= 0.3 is 0 Å². The van der Waals surface area contributed by atoms with Crippen LogP contribution in [0.2, 0.25) is 0 Å². The molecule has 0 aromatic rings. The van der Waals surface area contributed by atoms with Gasteiger partial charge in [-0.3, -0.25) is 4.79 Å². The molecule has 0 saturated heterocycles. The largest absolute Gasteiger partial charge is 0.391 e. The lowest BCUT2D eigenvalue weighted by atomic mass is 10.0. The summed E-state index contributed by atoms with van der Waals surface area (Å²) >= 11 is 0. The van der Waals surface area contributed by atoms with Crippen LogP contribution in [-0.4, -0.2) is 46.1 Å². The lowest BCUT2D eigenvalue weighted by Gasteiger charge is -2.20. The molecule has 0 aliphatic rings. The summed E-state index contributed by atoms with van der Waals surface area (Å²) in [7, 11) is 0. The Hall–Kier alpha value is -0.650. The summed E-state index contributed by atoms with van der Waals surface area (Å²) in [5.41, 5.74) is 0. The molecule has 90 valence electrons. The average Bonchev–Trinajstić information content (AvgIpc) is 2.22. The fraction of sp³-hybridized carbons (Fsp3) is 0.900. The number of amides is 1. The van der Waals surface area contributed by atoms with Crippen molar-refractivity contribution in [1.82, 2.24) is 5.32 Å². The zero-order chi connectivity index (χ0) is 12.0. The molecule has 5 nitrogen and oxygen atoms in total. The minimum Gasteiger partial charge on any atom is -0.391 e. The smallest absolute Gasteiger partial charge is 0.251 e. The van der Waals surface area contributed by atoms with Crippen LogP contribution in [0, 0.1) is 5.92 Å². The van der Waals surface area contributed by atoms with Crippen molar-refractivity contribution in [2.24, 2.45) is 5.92 Å².